The van der Waals surface area contributed by atoms with Gasteiger partial charge in [-0.1, -0.05) is 59.5 Å². The molecule has 1 nitrogen and oxygen atoms in total. The molecule has 0 fully saturated rings. The summed E-state index contributed by atoms with van der Waals surface area (Å²) in [7, 11) is 1.73. The van der Waals surface area contributed by atoms with E-state index in [2.05, 4.69) is 13.8 Å². The number of ether oxygens (including phenoxy) is 1. The van der Waals surface area contributed by atoms with Crippen molar-refractivity contribution in [2.24, 2.45) is 5.92 Å². The van der Waals surface area contributed by atoms with Gasteiger partial charge in [-0.15, -0.1) is 0 Å². The molecule has 2 heteroatoms. The smallest absolute Gasteiger partial charge is 0.0960 e. The molecule has 0 aromatic carbocycles. The van der Waals surface area contributed by atoms with Crippen LogP contribution in [-0.4, -0.2) is 13.7 Å². The molecule has 1 unspecified atom stereocenters. The van der Waals surface area contributed by atoms with Crippen molar-refractivity contribution in [3.05, 3.63) is 11.9 Å². The zero-order chi connectivity index (χ0) is 14.9. The van der Waals surface area contributed by atoms with E-state index in [9.17, 15) is 4.39 Å². The van der Waals surface area contributed by atoms with Crippen LogP contribution in [0.2, 0.25) is 0 Å². The first kappa shape index (κ1) is 20.9. The minimum atomic E-state index is 0.0909. The Morgan fingerprint density at radius 1 is 1.21 bits per heavy atom. The van der Waals surface area contributed by atoms with Crippen LogP contribution in [0.5, 0.6) is 0 Å². The lowest BCUT2D eigenvalue weighted by Crippen LogP contribution is -2.04. The zero-order valence-corrected chi connectivity index (χ0v) is 13.8. The van der Waals surface area contributed by atoms with Crippen molar-refractivity contribution in [3.63, 3.8) is 0 Å². The molecular formula is C17H35FO. The molecule has 19 heavy (non-hydrogen) atoms. The molecular weight excluding hydrogens is 239 g/mol. The van der Waals surface area contributed by atoms with E-state index in [1.807, 2.05) is 13.8 Å². The lowest BCUT2D eigenvalue weighted by molar-refractivity contribution is 0.189. The fourth-order valence-electron chi connectivity index (χ4n) is 1.80. The average Bonchev–Trinajstić information content (AvgIpc) is 2.48. The van der Waals surface area contributed by atoms with Crippen LogP contribution >= 0.6 is 0 Å². The first-order chi connectivity index (χ1) is 9.24. The van der Waals surface area contributed by atoms with Crippen molar-refractivity contribution in [2.45, 2.75) is 79.1 Å². The Hall–Kier alpha value is -0.370. The summed E-state index contributed by atoms with van der Waals surface area (Å²) in [5.74, 6) is 0.810. The lowest BCUT2D eigenvalue weighted by atomic mass is 9.89. The monoisotopic (exact) mass is 274 g/mol. The molecule has 0 aromatic heterocycles. The van der Waals surface area contributed by atoms with E-state index in [0.29, 0.717) is 6.42 Å². The highest BCUT2D eigenvalue weighted by Gasteiger charge is 2.13. The third-order valence-corrected chi connectivity index (χ3v) is 3.17. The Morgan fingerprint density at radius 2 is 1.84 bits per heavy atom. The van der Waals surface area contributed by atoms with Gasteiger partial charge < -0.3 is 4.74 Å². The van der Waals surface area contributed by atoms with E-state index in [0.717, 1.165) is 31.8 Å². The summed E-state index contributed by atoms with van der Waals surface area (Å²) in [5.41, 5.74) is 0. The van der Waals surface area contributed by atoms with Crippen LogP contribution in [0, 0.1) is 5.92 Å². The molecule has 0 radical (unpaired) electrons. The number of halogens is 1. The van der Waals surface area contributed by atoms with E-state index in [-0.39, 0.29) is 5.83 Å². The summed E-state index contributed by atoms with van der Waals surface area (Å²) in [6, 6.07) is 0. The minimum absolute atomic E-state index is 0.0909. The molecule has 116 valence electrons. The van der Waals surface area contributed by atoms with E-state index in [1.165, 1.54) is 25.7 Å². The number of hydrogen-bond donors (Lipinski definition) is 0. The largest absolute Gasteiger partial charge is 0.385 e. The molecule has 0 saturated carbocycles. The molecule has 1 rings (SSSR count). The number of allylic oxidation sites excluding steroid dienone is 2. The van der Waals surface area contributed by atoms with Gasteiger partial charge in [-0.2, -0.15) is 0 Å². The average molecular weight is 274 g/mol. The second-order valence-electron chi connectivity index (χ2n) is 4.78. The maximum atomic E-state index is 12.6. The standard InChI is InChI=1S/C11H19FO.C4H10.C2H6/c1-13-9-3-2-4-10-5-7-11(12)8-6-10;1-3-4-2;1-2/h7,10H,2-6,8-9H2,1H3;3-4H2,1-2H3;1-2H3. The van der Waals surface area contributed by atoms with Gasteiger partial charge in [0, 0.05) is 13.7 Å². The quantitative estimate of drug-likeness (QED) is 0.517. The Kier molecular flexibility index (Phi) is 19.4. The molecule has 0 heterocycles. The maximum Gasteiger partial charge on any atom is 0.0960 e. The van der Waals surface area contributed by atoms with E-state index in [4.69, 9.17) is 4.74 Å². The van der Waals surface area contributed by atoms with E-state index in [1.54, 1.807) is 13.2 Å². The highest BCUT2D eigenvalue weighted by Crippen LogP contribution is 2.27. The minimum Gasteiger partial charge on any atom is -0.385 e. The summed E-state index contributed by atoms with van der Waals surface area (Å²) < 4.78 is 17.6. The van der Waals surface area contributed by atoms with Gasteiger partial charge in [-0.05, 0) is 31.6 Å². The molecule has 0 amide bonds. The van der Waals surface area contributed by atoms with Gasteiger partial charge in [0.2, 0.25) is 0 Å². The number of unbranched alkanes of at least 4 members (excludes halogenated alkanes) is 2. The van der Waals surface area contributed by atoms with Gasteiger partial charge in [-0.25, -0.2) is 4.39 Å². The van der Waals surface area contributed by atoms with E-state index < -0.39 is 0 Å². The Labute approximate surface area is 120 Å². The molecule has 0 spiro atoms. The van der Waals surface area contributed by atoms with Crippen LogP contribution < -0.4 is 0 Å². The summed E-state index contributed by atoms with van der Waals surface area (Å²) in [5, 5.41) is 0. The Morgan fingerprint density at radius 3 is 2.26 bits per heavy atom. The van der Waals surface area contributed by atoms with Crippen LogP contribution in [0.1, 0.15) is 79.1 Å². The molecule has 1 atom stereocenters. The molecule has 0 saturated heterocycles. The van der Waals surface area contributed by atoms with Crippen molar-refractivity contribution < 1.29 is 9.13 Å². The fraction of sp³-hybridized carbons (Fsp3) is 0.882. The summed E-state index contributed by atoms with van der Waals surface area (Å²) in [6.07, 6.45) is 10.6. The molecule has 0 aliphatic heterocycles. The number of hydrogen-bond acceptors (Lipinski definition) is 1. The van der Waals surface area contributed by atoms with Crippen molar-refractivity contribution in [3.8, 4) is 0 Å². The predicted octanol–water partition coefficient (Wildman–Crippen LogP) is 6.29. The van der Waals surface area contributed by atoms with Crippen molar-refractivity contribution in [1.29, 1.82) is 0 Å². The molecule has 0 N–H and O–H groups in total. The van der Waals surface area contributed by atoms with Crippen molar-refractivity contribution in [1.82, 2.24) is 0 Å². The van der Waals surface area contributed by atoms with Gasteiger partial charge in [0.05, 0.1) is 5.83 Å². The highest BCUT2D eigenvalue weighted by molar-refractivity contribution is 4.97. The van der Waals surface area contributed by atoms with Crippen LogP contribution in [0.4, 0.5) is 4.39 Å². The summed E-state index contributed by atoms with van der Waals surface area (Å²) in [6.45, 7) is 9.22. The van der Waals surface area contributed by atoms with Crippen LogP contribution in [-0.2, 0) is 4.74 Å². The van der Waals surface area contributed by atoms with Crippen LogP contribution in [0.25, 0.3) is 0 Å². The second kappa shape index (κ2) is 17.6. The van der Waals surface area contributed by atoms with Gasteiger partial charge in [0.1, 0.15) is 0 Å². The Bertz CT molecular complexity index is 188. The third-order valence-electron chi connectivity index (χ3n) is 3.17. The Balaban J connectivity index is 0. The first-order valence-electron chi connectivity index (χ1n) is 8.08. The fourth-order valence-corrected chi connectivity index (χ4v) is 1.80. The van der Waals surface area contributed by atoms with E-state index >= 15 is 0 Å². The van der Waals surface area contributed by atoms with Crippen molar-refractivity contribution >= 4 is 0 Å². The number of rotatable bonds is 6. The highest BCUT2D eigenvalue weighted by atomic mass is 19.1. The topological polar surface area (TPSA) is 9.23 Å². The number of methoxy groups -OCH3 is 1. The zero-order valence-electron chi connectivity index (χ0n) is 13.8. The van der Waals surface area contributed by atoms with Gasteiger partial charge >= 0.3 is 0 Å². The van der Waals surface area contributed by atoms with Crippen molar-refractivity contribution in [2.75, 3.05) is 13.7 Å². The maximum absolute atomic E-state index is 12.6. The van der Waals surface area contributed by atoms with Gasteiger partial charge in [-0.3, -0.25) is 0 Å². The first-order valence-corrected chi connectivity index (χ1v) is 8.08. The molecule has 0 aromatic rings. The SMILES string of the molecule is CC.CCCC.COCCCCC1CC=C(F)CC1. The third kappa shape index (κ3) is 15.6. The van der Waals surface area contributed by atoms with Gasteiger partial charge in [0.15, 0.2) is 0 Å². The second-order valence-corrected chi connectivity index (χ2v) is 4.78. The summed E-state index contributed by atoms with van der Waals surface area (Å²) in [4.78, 5) is 0. The van der Waals surface area contributed by atoms with Crippen LogP contribution in [0.15, 0.2) is 11.9 Å². The lowest BCUT2D eigenvalue weighted by Gasteiger charge is -2.18. The summed E-state index contributed by atoms with van der Waals surface area (Å²) >= 11 is 0. The predicted molar refractivity (Wildman–Crippen MR) is 84.2 cm³/mol. The molecule has 1 aliphatic carbocycles. The van der Waals surface area contributed by atoms with Gasteiger partial charge in [0.25, 0.3) is 0 Å². The molecule has 0 bridgehead atoms. The molecule has 1 aliphatic rings. The van der Waals surface area contributed by atoms with Crippen LogP contribution in [0.3, 0.4) is 0 Å². The normalized spacial score (nSPS) is 17.6.